The van der Waals surface area contributed by atoms with E-state index in [2.05, 4.69) is 16.9 Å². The number of hydrogen-bond acceptors (Lipinski definition) is 5. The first-order valence-corrected chi connectivity index (χ1v) is 8.13. The monoisotopic (exact) mass is 341 g/mol. The molecule has 0 saturated carbocycles. The van der Waals surface area contributed by atoms with Crippen molar-refractivity contribution in [3.8, 4) is 5.75 Å². The van der Waals surface area contributed by atoms with Gasteiger partial charge in [0.1, 0.15) is 5.75 Å². The number of imidazole rings is 1. The summed E-state index contributed by atoms with van der Waals surface area (Å²) in [5.41, 5.74) is 1.53. The molecule has 0 amide bonds. The van der Waals surface area contributed by atoms with E-state index in [0.29, 0.717) is 23.7 Å². The van der Waals surface area contributed by atoms with Crippen molar-refractivity contribution in [2.45, 2.75) is 20.4 Å². The molecule has 1 aromatic carbocycles. The number of rotatable bonds is 1. The molecular weight excluding hydrogens is 322 g/mol. The normalized spacial score (nSPS) is 17.1. The number of benzene rings is 1. The van der Waals surface area contributed by atoms with E-state index in [1.54, 1.807) is 13.1 Å². The molecule has 2 aromatic heterocycles. The van der Waals surface area contributed by atoms with E-state index >= 15 is 0 Å². The van der Waals surface area contributed by atoms with Crippen molar-refractivity contribution in [2.75, 3.05) is 11.4 Å². The number of H-pyrrole nitrogens is 1. The minimum absolute atomic E-state index is 0.237. The van der Waals surface area contributed by atoms with Crippen LogP contribution >= 0.6 is 0 Å². The molecule has 0 bridgehead atoms. The highest BCUT2D eigenvalue weighted by Gasteiger charge is 2.29. The number of aromatic nitrogens is 4. The zero-order valence-electron chi connectivity index (χ0n) is 14.3. The van der Waals surface area contributed by atoms with Crippen molar-refractivity contribution in [3.63, 3.8) is 0 Å². The number of aryl methyl sites for hydroxylation is 2. The van der Waals surface area contributed by atoms with E-state index in [1.807, 2.05) is 28.5 Å². The van der Waals surface area contributed by atoms with Gasteiger partial charge in [0.05, 0.1) is 0 Å². The number of aromatic hydroxyl groups is 1. The van der Waals surface area contributed by atoms with Crippen LogP contribution in [0.3, 0.4) is 0 Å². The molecule has 0 saturated heterocycles. The van der Waals surface area contributed by atoms with Crippen molar-refractivity contribution < 1.29 is 5.11 Å². The molecule has 0 spiro atoms. The second-order valence-corrected chi connectivity index (χ2v) is 6.70. The second-order valence-electron chi connectivity index (χ2n) is 6.70. The number of phenols is 1. The van der Waals surface area contributed by atoms with Gasteiger partial charge in [-0.15, -0.1) is 0 Å². The molecule has 3 aromatic rings. The summed E-state index contributed by atoms with van der Waals surface area (Å²) in [7, 11) is 1.60. The Morgan fingerprint density at radius 2 is 2.04 bits per heavy atom. The number of hydrogen-bond donors (Lipinski definition) is 2. The first kappa shape index (κ1) is 15.5. The fourth-order valence-corrected chi connectivity index (χ4v) is 3.39. The van der Waals surface area contributed by atoms with Crippen molar-refractivity contribution >= 4 is 22.8 Å². The summed E-state index contributed by atoms with van der Waals surface area (Å²) in [5.74, 6) is 1.15. The lowest BCUT2D eigenvalue weighted by molar-refractivity contribution is 0.457. The summed E-state index contributed by atoms with van der Waals surface area (Å²) in [6.45, 7) is 5.33. The highest BCUT2D eigenvalue weighted by atomic mass is 16.3. The highest BCUT2D eigenvalue weighted by Crippen LogP contribution is 2.34. The van der Waals surface area contributed by atoms with Crippen LogP contribution in [0, 0.1) is 12.8 Å². The van der Waals surface area contributed by atoms with Crippen LogP contribution < -0.4 is 16.1 Å². The summed E-state index contributed by atoms with van der Waals surface area (Å²) in [6.07, 6.45) is 0. The van der Waals surface area contributed by atoms with Crippen LogP contribution in [-0.2, 0) is 13.6 Å². The maximum Gasteiger partial charge on any atom is 0.329 e. The van der Waals surface area contributed by atoms with Crippen LogP contribution in [0.5, 0.6) is 5.75 Å². The van der Waals surface area contributed by atoms with Gasteiger partial charge in [0.15, 0.2) is 11.2 Å². The quantitative estimate of drug-likeness (QED) is 0.694. The van der Waals surface area contributed by atoms with Crippen molar-refractivity contribution in [1.82, 2.24) is 19.1 Å². The van der Waals surface area contributed by atoms with Crippen LogP contribution in [0.25, 0.3) is 11.2 Å². The fourth-order valence-electron chi connectivity index (χ4n) is 3.39. The summed E-state index contributed by atoms with van der Waals surface area (Å²) in [5, 5.41) is 9.78. The summed E-state index contributed by atoms with van der Waals surface area (Å²) in [4.78, 5) is 33.2. The molecule has 0 radical (unpaired) electrons. The maximum absolute atomic E-state index is 12.4. The summed E-state index contributed by atoms with van der Waals surface area (Å²) < 4.78 is 3.22. The molecule has 3 heterocycles. The van der Waals surface area contributed by atoms with Gasteiger partial charge in [0.25, 0.3) is 5.56 Å². The molecule has 0 unspecified atom stereocenters. The first-order chi connectivity index (χ1) is 11.9. The third kappa shape index (κ3) is 2.25. The fraction of sp³-hybridized carbons (Fsp3) is 0.353. The number of anilines is 2. The van der Waals surface area contributed by atoms with Crippen LogP contribution in [0.1, 0.15) is 12.5 Å². The van der Waals surface area contributed by atoms with E-state index in [4.69, 9.17) is 0 Å². The Labute approximate surface area is 143 Å². The zero-order chi connectivity index (χ0) is 17.9. The van der Waals surface area contributed by atoms with Gasteiger partial charge in [-0.1, -0.05) is 6.92 Å². The van der Waals surface area contributed by atoms with E-state index in [-0.39, 0.29) is 11.7 Å². The van der Waals surface area contributed by atoms with Crippen LogP contribution in [0.2, 0.25) is 0 Å². The molecule has 8 nitrogen and oxygen atoms in total. The Kier molecular flexibility index (Phi) is 3.24. The largest absolute Gasteiger partial charge is 0.508 e. The molecule has 4 rings (SSSR count). The Bertz CT molecular complexity index is 1110. The van der Waals surface area contributed by atoms with Gasteiger partial charge in [-0.3, -0.25) is 14.3 Å². The zero-order valence-corrected chi connectivity index (χ0v) is 14.3. The average Bonchev–Trinajstić information content (AvgIpc) is 2.94. The second kappa shape index (κ2) is 5.23. The number of aromatic amines is 1. The molecule has 0 fully saturated rings. The van der Waals surface area contributed by atoms with Gasteiger partial charge in [-0.25, -0.2) is 4.79 Å². The predicted octanol–water partition coefficient (Wildman–Crippen LogP) is 1.23. The highest BCUT2D eigenvalue weighted by molar-refractivity contribution is 5.77. The predicted molar refractivity (Wildman–Crippen MR) is 94.6 cm³/mol. The number of nitrogens with one attached hydrogen (secondary N) is 1. The molecule has 2 N–H and O–H groups in total. The van der Waals surface area contributed by atoms with Gasteiger partial charge in [0.2, 0.25) is 5.95 Å². The van der Waals surface area contributed by atoms with E-state index < -0.39 is 11.2 Å². The van der Waals surface area contributed by atoms with Crippen LogP contribution in [-0.4, -0.2) is 30.8 Å². The smallest absolute Gasteiger partial charge is 0.329 e. The molecule has 0 aliphatic carbocycles. The number of fused-ring (bicyclic) bond motifs is 3. The van der Waals surface area contributed by atoms with Crippen molar-refractivity contribution in [3.05, 3.63) is 44.6 Å². The molecular formula is C17H19N5O3. The summed E-state index contributed by atoms with van der Waals surface area (Å²) in [6, 6.07) is 5.37. The minimum Gasteiger partial charge on any atom is -0.508 e. The first-order valence-electron chi connectivity index (χ1n) is 8.13. The average molecular weight is 341 g/mol. The van der Waals surface area contributed by atoms with E-state index in [9.17, 15) is 14.7 Å². The van der Waals surface area contributed by atoms with Gasteiger partial charge >= 0.3 is 5.69 Å². The Morgan fingerprint density at radius 3 is 2.76 bits per heavy atom. The lowest BCUT2D eigenvalue weighted by Crippen LogP contribution is -2.35. The lowest BCUT2D eigenvalue weighted by atomic mass is 10.1. The van der Waals surface area contributed by atoms with Crippen molar-refractivity contribution in [1.29, 1.82) is 0 Å². The molecule has 25 heavy (non-hydrogen) atoms. The van der Waals surface area contributed by atoms with E-state index in [0.717, 1.165) is 17.8 Å². The molecule has 130 valence electrons. The lowest BCUT2D eigenvalue weighted by Gasteiger charge is -2.33. The van der Waals surface area contributed by atoms with Crippen LogP contribution in [0.4, 0.5) is 11.6 Å². The molecule has 8 heteroatoms. The van der Waals surface area contributed by atoms with Gasteiger partial charge in [0, 0.05) is 25.8 Å². The van der Waals surface area contributed by atoms with E-state index in [1.165, 1.54) is 4.57 Å². The Hall–Kier alpha value is -3.03. The van der Waals surface area contributed by atoms with Crippen molar-refractivity contribution in [2.24, 2.45) is 13.0 Å². The Morgan fingerprint density at radius 1 is 1.28 bits per heavy atom. The summed E-state index contributed by atoms with van der Waals surface area (Å²) >= 11 is 0. The molecule has 1 aliphatic heterocycles. The topological polar surface area (TPSA) is 96.2 Å². The van der Waals surface area contributed by atoms with Gasteiger partial charge in [-0.2, -0.15) is 4.98 Å². The molecule has 1 aliphatic rings. The third-order valence-corrected chi connectivity index (χ3v) is 4.71. The standard InChI is InChI=1S/C17H19N5O3/c1-9-7-21(11-4-5-12(23)10(2)6-11)16-18-14-13(22(16)8-9)15(24)19-17(25)20(14)3/h4-6,9,23H,7-8H2,1-3H3,(H,19,24,25)/t9-/m1/s1. The maximum atomic E-state index is 12.4. The Balaban J connectivity index is 2.00. The van der Waals surface area contributed by atoms with Gasteiger partial charge < -0.3 is 14.6 Å². The number of phenolic OH excluding ortho intramolecular Hbond substituents is 1. The number of nitrogens with zero attached hydrogens (tertiary/aromatic N) is 4. The van der Waals surface area contributed by atoms with Crippen LogP contribution in [0.15, 0.2) is 27.8 Å². The van der Waals surface area contributed by atoms with Gasteiger partial charge in [-0.05, 0) is 36.6 Å². The minimum atomic E-state index is -0.479. The SMILES string of the molecule is Cc1cc(N2C[C@@H](C)Cn3c2nc2c3c(=O)[nH]c(=O)n2C)ccc1O. The third-order valence-electron chi connectivity index (χ3n) is 4.71. The molecule has 1 atom stereocenters.